The Balaban J connectivity index is 2.94. The average molecular weight is 316 g/mol. The van der Waals surface area contributed by atoms with Gasteiger partial charge >= 0.3 is 5.97 Å². The highest BCUT2D eigenvalue weighted by Crippen LogP contribution is 2.27. The van der Waals surface area contributed by atoms with Gasteiger partial charge in [0.25, 0.3) is 0 Å². The summed E-state index contributed by atoms with van der Waals surface area (Å²) < 4.78 is 3.77. The molecule has 0 aliphatic heterocycles. The molecule has 0 atom stereocenters. The molecule has 0 fully saturated rings. The maximum Gasteiger partial charge on any atom is 0.337 e. The fourth-order valence-electron chi connectivity index (χ4n) is 1.15. The number of methoxy groups -OCH3 is 1. The highest BCUT2D eigenvalue weighted by Gasteiger charge is 2.24. The van der Waals surface area contributed by atoms with Crippen molar-refractivity contribution in [2.45, 2.75) is 18.2 Å². The van der Waals surface area contributed by atoms with E-state index < -0.39 is 10.3 Å². The Morgan fingerprint density at radius 2 is 2.00 bits per heavy atom. The van der Waals surface area contributed by atoms with Crippen LogP contribution in [0.4, 0.5) is 5.69 Å². The van der Waals surface area contributed by atoms with Gasteiger partial charge < -0.3 is 15.2 Å². The Hall–Kier alpha value is -1.56. The Morgan fingerprint density at radius 1 is 1.39 bits per heavy atom. The molecule has 0 saturated carbocycles. The van der Waals surface area contributed by atoms with Gasteiger partial charge in [-0.05, 0) is 32.0 Å². The van der Waals surface area contributed by atoms with Gasteiger partial charge in [-0.25, -0.2) is 4.79 Å². The van der Waals surface area contributed by atoms with Gasteiger partial charge in [-0.2, -0.15) is 0 Å². The molecule has 5 nitrogen and oxygen atoms in total. The summed E-state index contributed by atoms with van der Waals surface area (Å²) in [6, 6.07) is 4.14. The Kier molecular flexibility index (Phi) is 4.34. The van der Waals surface area contributed by atoms with Crippen LogP contribution < -0.4 is 5.32 Å². The van der Waals surface area contributed by atoms with E-state index in [1.54, 1.807) is 13.8 Å². The van der Waals surface area contributed by atoms with Crippen LogP contribution in [0.15, 0.2) is 18.2 Å². The average Bonchev–Trinajstić information content (AvgIpc) is 2.29. The van der Waals surface area contributed by atoms with E-state index in [2.05, 4.69) is 26.0 Å². The second-order valence-corrected chi connectivity index (χ2v) is 6.13. The summed E-state index contributed by atoms with van der Waals surface area (Å²) in [7, 11) is 1.25. The number of hydrogen-bond donors (Lipinski definition) is 2. The first-order valence-electron chi connectivity index (χ1n) is 5.17. The smallest absolute Gasteiger partial charge is 0.337 e. The maximum absolute atomic E-state index is 11.7. The summed E-state index contributed by atoms with van der Waals surface area (Å²) in [5, 5.41) is 12.3. The number of ether oxygens (including phenoxy) is 1. The normalized spacial score (nSPS) is 10.9. The number of anilines is 1. The van der Waals surface area contributed by atoms with Gasteiger partial charge in [0, 0.05) is 0 Å². The topological polar surface area (TPSA) is 75.6 Å². The van der Waals surface area contributed by atoms with Crippen molar-refractivity contribution >= 4 is 33.5 Å². The Bertz CT molecular complexity index is 479. The van der Waals surface area contributed by atoms with E-state index in [-0.39, 0.29) is 22.9 Å². The number of benzene rings is 1. The van der Waals surface area contributed by atoms with Crippen molar-refractivity contribution in [2.75, 3.05) is 12.4 Å². The van der Waals surface area contributed by atoms with Crippen LogP contribution in [-0.2, 0) is 9.53 Å². The van der Waals surface area contributed by atoms with E-state index in [0.29, 0.717) is 0 Å². The molecule has 1 aromatic rings. The monoisotopic (exact) mass is 315 g/mol. The highest BCUT2D eigenvalue weighted by molar-refractivity contribution is 9.10. The molecule has 0 saturated heterocycles. The van der Waals surface area contributed by atoms with Gasteiger partial charge in [0.15, 0.2) is 0 Å². The third-order valence-electron chi connectivity index (χ3n) is 2.21. The number of hydrogen-bond acceptors (Lipinski definition) is 4. The lowest BCUT2D eigenvalue weighted by molar-refractivity contribution is -0.117. The van der Waals surface area contributed by atoms with Crippen LogP contribution in [0.5, 0.6) is 5.75 Å². The van der Waals surface area contributed by atoms with Crippen LogP contribution in [0.2, 0.25) is 0 Å². The summed E-state index contributed by atoms with van der Waals surface area (Å²) in [5.41, 5.74) is 0.450. The van der Waals surface area contributed by atoms with Crippen LogP contribution in [-0.4, -0.2) is 28.4 Å². The zero-order valence-electron chi connectivity index (χ0n) is 10.3. The van der Waals surface area contributed by atoms with Crippen LogP contribution in [0, 0.1) is 0 Å². The number of esters is 1. The molecule has 1 amide bonds. The molecule has 0 radical (unpaired) electrons. The molecule has 0 aromatic heterocycles. The number of aromatic hydroxyl groups is 1. The molecule has 0 aliphatic rings. The molecule has 0 unspecified atom stereocenters. The van der Waals surface area contributed by atoms with Gasteiger partial charge in [0.1, 0.15) is 5.75 Å². The van der Waals surface area contributed by atoms with Crippen LogP contribution >= 0.6 is 15.9 Å². The van der Waals surface area contributed by atoms with Crippen molar-refractivity contribution in [3.63, 3.8) is 0 Å². The first-order chi connectivity index (χ1) is 8.25. The highest BCUT2D eigenvalue weighted by atomic mass is 79.9. The molecule has 98 valence electrons. The lowest BCUT2D eigenvalue weighted by Crippen LogP contribution is -2.30. The molecule has 0 heterocycles. The minimum Gasteiger partial charge on any atom is -0.506 e. The molecule has 2 N–H and O–H groups in total. The second kappa shape index (κ2) is 5.39. The van der Waals surface area contributed by atoms with Crippen molar-refractivity contribution < 1.29 is 19.4 Å². The standard InChI is InChI=1S/C12H14BrNO4/c1-12(2,13)11(17)14-8-5-4-7(6-9(8)15)10(16)18-3/h4-6,15H,1-3H3,(H,14,17). The zero-order chi connectivity index (χ0) is 13.9. The predicted molar refractivity (Wildman–Crippen MR) is 71.1 cm³/mol. The zero-order valence-corrected chi connectivity index (χ0v) is 11.9. The molecular weight excluding hydrogens is 302 g/mol. The van der Waals surface area contributed by atoms with Gasteiger partial charge in [0.05, 0.1) is 22.7 Å². The first-order valence-corrected chi connectivity index (χ1v) is 5.96. The number of rotatable bonds is 3. The van der Waals surface area contributed by atoms with Crippen molar-refractivity contribution in [2.24, 2.45) is 0 Å². The predicted octanol–water partition coefficient (Wildman–Crippen LogP) is 2.29. The van der Waals surface area contributed by atoms with E-state index in [1.807, 2.05) is 0 Å². The molecule has 1 rings (SSSR count). The third kappa shape index (κ3) is 3.46. The van der Waals surface area contributed by atoms with Crippen molar-refractivity contribution in [1.82, 2.24) is 0 Å². The Labute approximate surface area is 113 Å². The largest absolute Gasteiger partial charge is 0.506 e. The van der Waals surface area contributed by atoms with Crippen molar-refractivity contribution in [3.05, 3.63) is 23.8 Å². The fraction of sp³-hybridized carbons (Fsp3) is 0.333. The summed E-state index contributed by atoms with van der Waals surface area (Å²) in [5.74, 6) is -1.05. The first kappa shape index (κ1) is 14.5. The van der Waals surface area contributed by atoms with E-state index in [0.717, 1.165) is 0 Å². The number of carbonyl (C=O) groups is 2. The number of amides is 1. The molecule has 0 bridgehead atoms. The van der Waals surface area contributed by atoms with Gasteiger partial charge in [0.2, 0.25) is 5.91 Å². The van der Waals surface area contributed by atoms with Gasteiger partial charge in [-0.1, -0.05) is 15.9 Å². The third-order valence-corrected chi connectivity index (χ3v) is 2.57. The van der Waals surface area contributed by atoms with Crippen molar-refractivity contribution in [1.29, 1.82) is 0 Å². The van der Waals surface area contributed by atoms with Crippen LogP contribution in [0.3, 0.4) is 0 Å². The molecule has 6 heteroatoms. The van der Waals surface area contributed by atoms with Gasteiger partial charge in [-0.3, -0.25) is 4.79 Å². The second-order valence-electron chi connectivity index (χ2n) is 4.15. The van der Waals surface area contributed by atoms with E-state index >= 15 is 0 Å². The number of alkyl halides is 1. The van der Waals surface area contributed by atoms with Gasteiger partial charge in [-0.15, -0.1) is 0 Å². The number of carbonyl (C=O) groups excluding carboxylic acids is 2. The summed E-state index contributed by atoms with van der Waals surface area (Å²) in [6.45, 7) is 3.37. The fourth-order valence-corrected chi connectivity index (χ4v) is 1.25. The lowest BCUT2D eigenvalue weighted by Gasteiger charge is -2.16. The van der Waals surface area contributed by atoms with Crippen LogP contribution in [0.25, 0.3) is 0 Å². The number of halogens is 1. The molecular formula is C12H14BrNO4. The summed E-state index contributed by atoms with van der Waals surface area (Å²) in [6.07, 6.45) is 0. The molecule has 18 heavy (non-hydrogen) atoms. The minimum absolute atomic E-state index is 0.192. The summed E-state index contributed by atoms with van der Waals surface area (Å²) in [4.78, 5) is 22.9. The molecule has 1 aromatic carbocycles. The number of phenols is 1. The maximum atomic E-state index is 11.7. The van der Waals surface area contributed by atoms with E-state index in [1.165, 1.54) is 25.3 Å². The molecule has 0 aliphatic carbocycles. The SMILES string of the molecule is COC(=O)c1ccc(NC(=O)C(C)(C)Br)c(O)c1. The Morgan fingerprint density at radius 3 is 2.44 bits per heavy atom. The number of nitrogens with one attached hydrogen (secondary N) is 1. The van der Waals surface area contributed by atoms with Crippen molar-refractivity contribution in [3.8, 4) is 5.75 Å². The summed E-state index contributed by atoms with van der Waals surface area (Å²) >= 11 is 3.21. The van der Waals surface area contributed by atoms with Crippen LogP contribution in [0.1, 0.15) is 24.2 Å². The van der Waals surface area contributed by atoms with E-state index in [4.69, 9.17) is 0 Å². The quantitative estimate of drug-likeness (QED) is 0.510. The number of phenolic OH excluding ortho intramolecular Hbond substituents is 1. The molecule has 0 spiro atoms. The van der Waals surface area contributed by atoms with E-state index in [9.17, 15) is 14.7 Å². The lowest BCUT2D eigenvalue weighted by atomic mass is 10.1. The minimum atomic E-state index is -0.750.